The fraction of sp³-hybridized carbons (Fsp3) is 0.529. The fourth-order valence-electron chi connectivity index (χ4n) is 2.87. The molecule has 1 aliphatic rings. The van der Waals surface area contributed by atoms with Gasteiger partial charge in [-0.15, -0.1) is 0 Å². The summed E-state index contributed by atoms with van der Waals surface area (Å²) in [4.78, 5) is 23.9. The molecule has 1 amide bonds. The van der Waals surface area contributed by atoms with Gasteiger partial charge in [-0.05, 0) is 24.7 Å². The molecule has 1 N–H and O–H groups in total. The molecule has 0 atom stereocenters. The molecule has 6 nitrogen and oxygen atoms in total. The van der Waals surface area contributed by atoms with Crippen LogP contribution in [0.3, 0.4) is 0 Å². The molecule has 0 aliphatic carbocycles. The van der Waals surface area contributed by atoms with Gasteiger partial charge >= 0.3 is 0 Å². The first-order chi connectivity index (χ1) is 11.7. The molecule has 0 bridgehead atoms. The first kappa shape index (κ1) is 16.9. The summed E-state index contributed by atoms with van der Waals surface area (Å²) < 4.78 is 18.5. The highest BCUT2D eigenvalue weighted by atomic mass is 19.1. The Hall–Kier alpha value is -1.99. The molecule has 1 saturated heterocycles. The van der Waals surface area contributed by atoms with Gasteiger partial charge in [0.15, 0.2) is 0 Å². The second-order valence-electron chi connectivity index (χ2n) is 5.96. The highest BCUT2D eigenvalue weighted by molar-refractivity contribution is 5.78. The summed E-state index contributed by atoms with van der Waals surface area (Å²) in [6.07, 6.45) is 0.695. The van der Waals surface area contributed by atoms with E-state index < -0.39 is 0 Å². The standard InChI is InChI=1S/C17H23FN4O2/c1-2-21(12-17(23)22-7-9-24-10-8-22)6-5-16-19-14-4-3-13(18)11-15(14)20-16/h3-4,11H,2,5-10,12H2,1H3,(H,19,20). The molecule has 1 aromatic carbocycles. The van der Waals surface area contributed by atoms with Crippen molar-refractivity contribution in [2.24, 2.45) is 0 Å². The Labute approximate surface area is 140 Å². The summed E-state index contributed by atoms with van der Waals surface area (Å²) in [5.74, 6) is 0.684. The largest absolute Gasteiger partial charge is 0.378 e. The van der Waals surface area contributed by atoms with E-state index in [1.54, 1.807) is 6.07 Å². The van der Waals surface area contributed by atoms with Crippen LogP contribution in [0.2, 0.25) is 0 Å². The molecule has 7 heteroatoms. The van der Waals surface area contributed by atoms with Crippen LogP contribution in [-0.4, -0.2) is 71.6 Å². The third kappa shape index (κ3) is 4.10. The monoisotopic (exact) mass is 334 g/mol. The van der Waals surface area contributed by atoms with Gasteiger partial charge in [0.2, 0.25) is 5.91 Å². The Balaban J connectivity index is 1.55. The number of hydrogen-bond donors (Lipinski definition) is 1. The molecule has 3 rings (SSSR count). The van der Waals surface area contributed by atoms with Crippen molar-refractivity contribution in [3.05, 3.63) is 29.8 Å². The van der Waals surface area contributed by atoms with Gasteiger partial charge in [0.25, 0.3) is 0 Å². The number of carbonyl (C=O) groups excluding carboxylic acids is 1. The number of amides is 1. The highest BCUT2D eigenvalue weighted by Gasteiger charge is 2.19. The predicted molar refractivity (Wildman–Crippen MR) is 89.3 cm³/mol. The Morgan fingerprint density at radius 2 is 2.21 bits per heavy atom. The van der Waals surface area contributed by atoms with Crippen LogP contribution in [-0.2, 0) is 16.0 Å². The normalized spacial score (nSPS) is 15.4. The quantitative estimate of drug-likeness (QED) is 0.868. The van der Waals surface area contributed by atoms with Gasteiger partial charge in [0, 0.05) is 26.1 Å². The molecule has 1 aliphatic heterocycles. The first-order valence-corrected chi connectivity index (χ1v) is 8.37. The number of benzene rings is 1. The minimum Gasteiger partial charge on any atom is -0.378 e. The maximum absolute atomic E-state index is 13.2. The van der Waals surface area contributed by atoms with E-state index in [1.807, 2.05) is 11.8 Å². The Bertz CT molecular complexity index is 697. The lowest BCUT2D eigenvalue weighted by molar-refractivity contribution is -0.136. The number of carbonyl (C=O) groups is 1. The van der Waals surface area contributed by atoms with Crippen LogP contribution in [0.4, 0.5) is 4.39 Å². The zero-order valence-electron chi connectivity index (χ0n) is 13.9. The molecule has 0 saturated carbocycles. The maximum Gasteiger partial charge on any atom is 0.236 e. The van der Waals surface area contributed by atoms with Crippen LogP contribution < -0.4 is 0 Å². The number of aromatic amines is 1. The smallest absolute Gasteiger partial charge is 0.236 e. The number of ether oxygens (including phenoxy) is 1. The number of morpholine rings is 1. The molecule has 2 heterocycles. The van der Waals surface area contributed by atoms with Crippen LogP contribution in [0, 0.1) is 5.82 Å². The SMILES string of the molecule is CCN(CCc1nc2ccc(F)cc2[nH]1)CC(=O)N1CCOCC1. The van der Waals surface area contributed by atoms with E-state index in [1.165, 1.54) is 12.1 Å². The molecule has 0 unspecified atom stereocenters. The van der Waals surface area contributed by atoms with Gasteiger partial charge in [-0.2, -0.15) is 0 Å². The van der Waals surface area contributed by atoms with E-state index >= 15 is 0 Å². The minimum atomic E-state index is -0.274. The van der Waals surface area contributed by atoms with E-state index in [4.69, 9.17) is 4.74 Å². The molecule has 2 aromatic rings. The second-order valence-corrected chi connectivity index (χ2v) is 5.96. The predicted octanol–water partition coefficient (Wildman–Crippen LogP) is 1.43. The molecule has 0 radical (unpaired) electrons. The number of aromatic nitrogens is 2. The number of fused-ring (bicyclic) bond motifs is 1. The lowest BCUT2D eigenvalue weighted by Crippen LogP contribution is -2.46. The van der Waals surface area contributed by atoms with E-state index in [9.17, 15) is 9.18 Å². The Morgan fingerprint density at radius 3 is 2.96 bits per heavy atom. The van der Waals surface area contributed by atoms with Gasteiger partial charge in [0.1, 0.15) is 11.6 Å². The number of H-pyrrole nitrogens is 1. The molecule has 130 valence electrons. The van der Waals surface area contributed by atoms with Crippen molar-refractivity contribution in [2.45, 2.75) is 13.3 Å². The lowest BCUT2D eigenvalue weighted by atomic mass is 10.3. The zero-order chi connectivity index (χ0) is 16.9. The molecule has 1 aromatic heterocycles. The van der Waals surface area contributed by atoms with Gasteiger partial charge in [-0.1, -0.05) is 6.92 Å². The molecule has 1 fully saturated rings. The van der Waals surface area contributed by atoms with Crippen molar-refractivity contribution in [1.29, 1.82) is 0 Å². The van der Waals surface area contributed by atoms with Crippen molar-refractivity contribution in [3.8, 4) is 0 Å². The third-order valence-electron chi connectivity index (χ3n) is 4.33. The van der Waals surface area contributed by atoms with Crippen molar-refractivity contribution in [1.82, 2.24) is 19.8 Å². The van der Waals surface area contributed by atoms with Crippen LogP contribution in [0.25, 0.3) is 11.0 Å². The molecule has 0 spiro atoms. The first-order valence-electron chi connectivity index (χ1n) is 8.37. The summed E-state index contributed by atoms with van der Waals surface area (Å²) >= 11 is 0. The van der Waals surface area contributed by atoms with Gasteiger partial charge in [-0.3, -0.25) is 9.69 Å². The number of likely N-dealkylation sites (N-methyl/N-ethyl adjacent to an activating group) is 1. The van der Waals surface area contributed by atoms with Gasteiger partial charge in [-0.25, -0.2) is 9.37 Å². The number of imidazole rings is 1. The fourth-order valence-corrected chi connectivity index (χ4v) is 2.87. The second kappa shape index (κ2) is 7.72. The van der Waals surface area contributed by atoms with Crippen molar-refractivity contribution in [3.63, 3.8) is 0 Å². The number of nitrogens with zero attached hydrogens (tertiary/aromatic N) is 3. The summed E-state index contributed by atoms with van der Waals surface area (Å²) in [7, 11) is 0. The topological polar surface area (TPSA) is 61.5 Å². The maximum atomic E-state index is 13.2. The van der Waals surface area contributed by atoms with E-state index in [-0.39, 0.29) is 11.7 Å². The summed E-state index contributed by atoms with van der Waals surface area (Å²) in [6.45, 7) is 6.56. The molecule has 24 heavy (non-hydrogen) atoms. The number of halogens is 1. The minimum absolute atomic E-state index is 0.145. The molecular weight excluding hydrogens is 311 g/mol. The van der Waals surface area contributed by atoms with Crippen LogP contribution in [0.15, 0.2) is 18.2 Å². The number of nitrogens with one attached hydrogen (secondary N) is 1. The Kier molecular flexibility index (Phi) is 5.42. The van der Waals surface area contributed by atoms with Crippen LogP contribution in [0.1, 0.15) is 12.7 Å². The van der Waals surface area contributed by atoms with Gasteiger partial charge < -0.3 is 14.6 Å². The average molecular weight is 334 g/mol. The van der Waals surface area contributed by atoms with Gasteiger partial charge in [0.05, 0.1) is 30.8 Å². The average Bonchev–Trinajstić information content (AvgIpc) is 3.01. The number of rotatable bonds is 6. The zero-order valence-corrected chi connectivity index (χ0v) is 13.9. The summed E-state index contributed by atoms with van der Waals surface area (Å²) in [6, 6.07) is 4.53. The lowest BCUT2D eigenvalue weighted by Gasteiger charge is -2.29. The van der Waals surface area contributed by atoms with Crippen molar-refractivity contribution < 1.29 is 13.9 Å². The number of hydrogen-bond acceptors (Lipinski definition) is 4. The summed E-state index contributed by atoms with van der Waals surface area (Å²) in [5, 5.41) is 0. The van der Waals surface area contributed by atoms with E-state index in [2.05, 4.69) is 14.9 Å². The molecular formula is C17H23FN4O2. The third-order valence-corrected chi connectivity index (χ3v) is 4.33. The summed E-state index contributed by atoms with van der Waals surface area (Å²) in [5.41, 5.74) is 1.47. The van der Waals surface area contributed by atoms with E-state index in [0.29, 0.717) is 44.8 Å². The Morgan fingerprint density at radius 1 is 1.42 bits per heavy atom. The van der Waals surface area contributed by atoms with Crippen molar-refractivity contribution in [2.75, 3.05) is 45.9 Å². The van der Waals surface area contributed by atoms with Crippen LogP contribution >= 0.6 is 0 Å². The van der Waals surface area contributed by atoms with Crippen molar-refractivity contribution >= 4 is 16.9 Å². The van der Waals surface area contributed by atoms with Crippen LogP contribution in [0.5, 0.6) is 0 Å². The van der Waals surface area contributed by atoms with E-state index in [0.717, 1.165) is 24.4 Å². The highest BCUT2D eigenvalue weighted by Crippen LogP contribution is 2.13.